The second-order valence-electron chi connectivity index (χ2n) is 3.86. The quantitative estimate of drug-likeness (QED) is 0.871. The van der Waals surface area contributed by atoms with Crippen LogP contribution in [0.15, 0.2) is 30.3 Å². The Bertz CT molecular complexity index is 342. The largest absolute Gasteiger partial charge is 0.386 e. The Hall–Kier alpha value is -1.48. The van der Waals surface area contributed by atoms with Crippen molar-refractivity contribution in [1.29, 1.82) is 0 Å². The fourth-order valence-corrected chi connectivity index (χ4v) is 0.945. The Balaban J connectivity index is 0.000000437. The molecule has 1 atom stereocenters. The van der Waals surface area contributed by atoms with Crippen molar-refractivity contribution in [2.45, 2.75) is 39.7 Å². The van der Waals surface area contributed by atoms with Crippen LogP contribution in [0.3, 0.4) is 0 Å². The molecule has 0 aliphatic heterocycles. The number of hydrogen-bond acceptors (Lipinski definition) is 3. The maximum absolute atomic E-state index is 11.1. The lowest BCUT2D eigenvalue weighted by molar-refractivity contribution is -0.125. The van der Waals surface area contributed by atoms with E-state index in [0.29, 0.717) is 12.8 Å². The van der Waals surface area contributed by atoms with E-state index >= 15 is 0 Å². The van der Waals surface area contributed by atoms with Gasteiger partial charge in [-0.05, 0) is 19.4 Å². The Morgan fingerprint density at radius 1 is 1.24 bits per heavy atom. The number of carbonyl (C=O) groups excluding carboxylic acids is 2. The van der Waals surface area contributed by atoms with Gasteiger partial charge < -0.3 is 9.90 Å². The number of hydrogen-bond donors (Lipinski definition) is 1. The fraction of sp³-hybridized carbons (Fsp3) is 0.429. The van der Waals surface area contributed by atoms with Gasteiger partial charge in [0.05, 0.1) is 0 Å². The SMILES string of the molecule is CC(O)C(=O)Cc1ccccc1.CCC(C)=O. The van der Waals surface area contributed by atoms with Gasteiger partial charge in [0.15, 0.2) is 5.78 Å². The summed E-state index contributed by atoms with van der Waals surface area (Å²) < 4.78 is 0. The third-order valence-corrected chi connectivity index (χ3v) is 2.19. The first-order chi connectivity index (χ1) is 7.97. The van der Waals surface area contributed by atoms with Gasteiger partial charge in [0.2, 0.25) is 0 Å². The van der Waals surface area contributed by atoms with E-state index in [4.69, 9.17) is 5.11 Å². The number of rotatable bonds is 4. The number of ketones is 2. The van der Waals surface area contributed by atoms with Crippen LogP contribution < -0.4 is 0 Å². The molecule has 3 heteroatoms. The zero-order valence-corrected chi connectivity index (χ0v) is 10.6. The third kappa shape index (κ3) is 8.34. The third-order valence-electron chi connectivity index (χ3n) is 2.19. The summed E-state index contributed by atoms with van der Waals surface area (Å²) in [7, 11) is 0. The lowest BCUT2D eigenvalue weighted by Crippen LogP contribution is -2.18. The first-order valence-electron chi connectivity index (χ1n) is 5.71. The first kappa shape index (κ1) is 15.5. The lowest BCUT2D eigenvalue weighted by atomic mass is 10.1. The van der Waals surface area contributed by atoms with E-state index in [-0.39, 0.29) is 11.6 Å². The summed E-state index contributed by atoms with van der Waals surface area (Å²) in [6.45, 7) is 4.92. The fourth-order valence-electron chi connectivity index (χ4n) is 0.945. The zero-order chi connectivity index (χ0) is 13.3. The van der Waals surface area contributed by atoms with E-state index in [1.54, 1.807) is 6.92 Å². The Morgan fingerprint density at radius 3 is 2.06 bits per heavy atom. The molecule has 0 saturated carbocycles. The van der Waals surface area contributed by atoms with Crippen molar-refractivity contribution in [3.05, 3.63) is 35.9 Å². The van der Waals surface area contributed by atoms with Crippen molar-refractivity contribution >= 4 is 11.6 Å². The highest BCUT2D eigenvalue weighted by molar-refractivity contribution is 5.84. The minimum Gasteiger partial charge on any atom is -0.386 e. The van der Waals surface area contributed by atoms with E-state index in [1.807, 2.05) is 37.3 Å². The number of aliphatic hydroxyl groups is 1. The van der Waals surface area contributed by atoms with Gasteiger partial charge in [0.1, 0.15) is 11.9 Å². The molecule has 0 amide bonds. The number of benzene rings is 1. The van der Waals surface area contributed by atoms with Crippen molar-refractivity contribution in [2.75, 3.05) is 0 Å². The highest BCUT2D eigenvalue weighted by Gasteiger charge is 2.08. The van der Waals surface area contributed by atoms with Gasteiger partial charge in [-0.2, -0.15) is 0 Å². The van der Waals surface area contributed by atoms with E-state index in [1.165, 1.54) is 6.92 Å². The lowest BCUT2D eigenvalue weighted by Gasteiger charge is -2.02. The normalized spacial score (nSPS) is 11.1. The van der Waals surface area contributed by atoms with E-state index in [2.05, 4.69) is 0 Å². The van der Waals surface area contributed by atoms with Crippen molar-refractivity contribution in [1.82, 2.24) is 0 Å². The predicted octanol–water partition coefficient (Wildman–Crippen LogP) is 2.16. The van der Waals surface area contributed by atoms with E-state index in [9.17, 15) is 9.59 Å². The average molecular weight is 236 g/mol. The Kier molecular flexibility index (Phi) is 7.89. The molecule has 0 bridgehead atoms. The second kappa shape index (κ2) is 8.65. The Labute approximate surface area is 102 Å². The summed E-state index contributed by atoms with van der Waals surface area (Å²) in [6.07, 6.45) is 0.128. The molecule has 1 N–H and O–H groups in total. The monoisotopic (exact) mass is 236 g/mol. The van der Waals surface area contributed by atoms with Crippen LogP contribution in [0, 0.1) is 0 Å². The van der Waals surface area contributed by atoms with Crippen molar-refractivity contribution in [2.24, 2.45) is 0 Å². The van der Waals surface area contributed by atoms with Gasteiger partial charge in [0, 0.05) is 12.8 Å². The molecular weight excluding hydrogens is 216 g/mol. The average Bonchev–Trinajstić information content (AvgIpc) is 2.31. The van der Waals surface area contributed by atoms with Crippen LogP contribution in [-0.2, 0) is 16.0 Å². The first-order valence-corrected chi connectivity index (χ1v) is 5.71. The molecule has 0 fully saturated rings. The molecule has 0 radical (unpaired) electrons. The van der Waals surface area contributed by atoms with Crippen LogP contribution in [0.2, 0.25) is 0 Å². The van der Waals surface area contributed by atoms with Crippen molar-refractivity contribution in [3.63, 3.8) is 0 Å². The molecule has 1 aromatic carbocycles. The van der Waals surface area contributed by atoms with Crippen LogP contribution in [0.4, 0.5) is 0 Å². The minimum absolute atomic E-state index is 0.138. The summed E-state index contributed by atoms with van der Waals surface area (Å²) in [6, 6.07) is 9.41. The molecule has 3 nitrogen and oxygen atoms in total. The molecule has 1 unspecified atom stereocenters. The molecule has 0 heterocycles. The summed E-state index contributed by atoms with van der Waals surface area (Å²) in [4.78, 5) is 20.9. The molecule has 0 spiro atoms. The van der Waals surface area contributed by atoms with Crippen LogP contribution in [0.1, 0.15) is 32.8 Å². The molecule has 0 saturated heterocycles. The predicted molar refractivity (Wildman–Crippen MR) is 67.8 cm³/mol. The highest BCUT2D eigenvalue weighted by atomic mass is 16.3. The van der Waals surface area contributed by atoms with Gasteiger partial charge in [-0.25, -0.2) is 0 Å². The molecule has 0 aliphatic rings. The van der Waals surface area contributed by atoms with Gasteiger partial charge >= 0.3 is 0 Å². The minimum atomic E-state index is -0.856. The van der Waals surface area contributed by atoms with E-state index in [0.717, 1.165) is 5.56 Å². The standard InChI is InChI=1S/C10H12O2.C4H8O/c1-8(11)10(12)7-9-5-3-2-4-6-9;1-3-4(2)5/h2-6,8,11H,7H2,1H3;3H2,1-2H3. The van der Waals surface area contributed by atoms with Gasteiger partial charge in [-0.3, -0.25) is 4.79 Å². The molecule has 1 rings (SSSR count). The zero-order valence-electron chi connectivity index (χ0n) is 10.6. The summed E-state index contributed by atoms with van der Waals surface area (Å²) in [5.41, 5.74) is 0.948. The highest BCUT2D eigenvalue weighted by Crippen LogP contribution is 2.01. The van der Waals surface area contributed by atoms with Crippen LogP contribution >= 0.6 is 0 Å². The van der Waals surface area contributed by atoms with Crippen molar-refractivity contribution < 1.29 is 14.7 Å². The maximum Gasteiger partial charge on any atom is 0.165 e. The smallest absolute Gasteiger partial charge is 0.165 e. The number of carbonyl (C=O) groups is 2. The molecule has 94 valence electrons. The van der Waals surface area contributed by atoms with Gasteiger partial charge in [0.25, 0.3) is 0 Å². The summed E-state index contributed by atoms with van der Waals surface area (Å²) in [5, 5.41) is 8.93. The molecule has 0 aliphatic carbocycles. The molecule has 0 aromatic heterocycles. The van der Waals surface area contributed by atoms with Crippen LogP contribution in [-0.4, -0.2) is 22.8 Å². The van der Waals surface area contributed by atoms with E-state index < -0.39 is 6.10 Å². The molecular formula is C14H20O3. The summed E-state index contributed by atoms with van der Waals surface area (Å²) >= 11 is 0. The van der Waals surface area contributed by atoms with Gasteiger partial charge in [-0.1, -0.05) is 37.3 Å². The number of aliphatic hydroxyl groups excluding tert-OH is 1. The maximum atomic E-state index is 11.1. The molecule has 1 aromatic rings. The van der Waals surface area contributed by atoms with Gasteiger partial charge in [-0.15, -0.1) is 0 Å². The van der Waals surface area contributed by atoms with Crippen molar-refractivity contribution in [3.8, 4) is 0 Å². The second-order valence-corrected chi connectivity index (χ2v) is 3.86. The summed E-state index contributed by atoms with van der Waals surface area (Å²) in [5.74, 6) is 0.117. The topological polar surface area (TPSA) is 54.4 Å². The van der Waals surface area contributed by atoms with Crippen LogP contribution in [0.5, 0.6) is 0 Å². The number of Topliss-reactive ketones (excluding diaryl/α,β-unsaturated/α-hetero) is 2. The Morgan fingerprint density at radius 2 is 1.71 bits per heavy atom. The van der Waals surface area contributed by atoms with Crippen LogP contribution in [0.25, 0.3) is 0 Å². The molecule has 17 heavy (non-hydrogen) atoms.